The van der Waals surface area contributed by atoms with E-state index in [9.17, 15) is 28.4 Å². The van der Waals surface area contributed by atoms with Gasteiger partial charge < -0.3 is 15.0 Å². The van der Waals surface area contributed by atoms with E-state index in [0.29, 0.717) is 23.3 Å². The number of benzene rings is 1. The molecule has 1 saturated heterocycles. The largest absolute Gasteiger partial charge is 0.342 e. The first-order valence-electron chi connectivity index (χ1n) is 10.3. The summed E-state index contributed by atoms with van der Waals surface area (Å²) >= 11 is 1.28. The van der Waals surface area contributed by atoms with Gasteiger partial charge >= 0.3 is 0 Å². The maximum absolute atomic E-state index is 13.5. The van der Waals surface area contributed by atoms with Crippen molar-refractivity contribution in [2.24, 2.45) is 0 Å². The predicted molar refractivity (Wildman–Crippen MR) is 118 cm³/mol. The maximum Gasteiger partial charge on any atom is 0.271 e. The Labute approximate surface area is 194 Å². The summed E-state index contributed by atoms with van der Waals surface area (Å²) in [4.78, 5) is 40.7. The number of likely N-dealkylation sites (tertiary alicyclic amines) is 1. The molecule has 0 aliphatic carbocycles. The van der Waals surface area contributed by atoms with Crippen LogP contribution in [0.5, 0.6) is 0 Å². The molecule has 33 heavy (non-hydrogen) atoms. The molecule has 0 bridgehead atoms. The molecule has 1 aliphatic heterocycles. The third-order valence-corrected chi connectivity index (χ3v) is 6.19. The van der Waals surface area contributed by atoms with E-state index in [1.165, 1.54) is 11.3 Å². The number of aldehydes is 1. The lowest BCUT2D eigenvalue weighted by atomic mass is 9.83. The highest BCUT2D eigenvalue weighted by molar-refractivity contribution is 7.09. The summed E-state index contributed by atoms with van der Waals surface area (Å²) < 4.78 is 27.0. The molecule has 2 heterocycles. The topological polar surface area (TPSA) is 103 Å². The number of carbonyl (C=O) groups is 3. The van der Waals surface area contributed by atoms with Crippen molar-refractivity contribution in [3.63, 3.8) is 0 Å². The fourth-order valence-electron chi connectivity index (χ4n) is 3.68. The number of rotatable bonds is 6. The summed E-state index contributed by atoms with van der Waals surface area (Å²) in [6, 6.07) is 6.61. The van der Waals surface area contributed by atoms with Gasteiger partial charge in [-0.25, -0.2) is 13.8 Å². The van der Waals surface area contributed by atoms with Gasteiger partial charge in [0.1, 0.15) is 12.0 Å². The third kappa shape index (κ3) is 5.79. The second-order valence-corrected chi connectivity index (χ2v) is 9.96. The minimum absolute atomic E-state index is 0.117. The number of nitrogens with zero attached hydrogens (tertiary/aromatic N) is 3. The van der Waals surface area contributed by atoms with Crippen LogP contribution in [0.4, 0.5) is 8.78 Å². The predicted octanol–water partition coefficient (Wildman–Crippen LogP) is 3.07. The SMILES string of the molecule is CC(C)(C)c1cc(Cc2nc(C(=O)NCC(=O)N3CC(F)(F)C[C@H]3C=O)cs2)ccc1C#N. The second kappa shape index (κ2) is 9.35. The van der Waals surface area contributed by atoms with Crippen molar-refractivity contribution in [2.45, 2.75) is 51.0 Å². The number of carbonyl (C=O) groups excluding carboxylic acids is 3. The van der Waals surface area contributed by atoms with Crippen molar-refractivity contribution in [3.8, 4) is 6.07 Å². The van der Waals surface area contributed by atoms with Gasteiger partial charge in [-0.3, -0.25) is 9.59 Å². The van der Waals surface area contributed by atoms with Crippen molar-refractivity contribution in [2.75, 3.05) is 13.1 Å². The summed E-state index contributed by atoms with van der Waals surface area (Å²) in [6.45, 7) is 4.74. The number of nitriles is 1. The lowest BCUT2D eigenvalue weighted by Gasteiger charge is -2.21. The van der Waals surface area contributed by atoms with Crippen LogP contribution in [-0.4, -0.2) is 53.0 Å². The van der Waals surface area contributed by atoms with Crippen LogP contribution in [0.3, 0.4) is 0 Å². The normalized spacial score (nSPS) is 17.5. The number of aromatic nitrogens is 1. The molecular formula is C23H24F2N4O3S. The fraction of sp³-hybridized carbons (Fsp3) is 0.435. The van der Waals surface area contributed by atoms with E-state index < -0.39 is 43.3 Å². The van der Waals surface area contributed by atoms with Crippen LogP contribution < -0.4 is 5.32 Å². The zero-order valence-electron chi connectivity index (χ0n) is 18.5. The van der Waals surface area contributed by atoms with Crippen LogP contribution >= 0.6 is 11.3 Å². The second-order valence-electron chi connectivity index (χ2n) is 9.01. The van der Waals surface area contributed by atoms with Gasteiger partial charge in [0.05, 0.1) is 35.8 Å². The minimum atomic E-state index is -3.12. The van der Waals surface area contributed by atoms with Gasteiger partial charge in [-0.1, -0.05) is 32.9 Å². The number of hydrogen-bond acceptors (Lipinski definition) is 6. The van der Waals surface area contributed by atoms with Crippen molar-refractivity contribution < 1.29 is 23.2 Å². The molecule has 2 amide bonds. The smallest absolute Gasteiger partial charge is 0.271 e. The van der Waals surface area contributed by atoms with E-state index in [0.717, 1.165) is 16.0 Å². The van der Waals surface area contributed by atoms with Crippen LogP contribution in [0.2, 0.25) is 0 Å². The van der Waals surface area contributed by atoms with E-state index in [4.69, 9.17) is 0 Å². The van der Waals surface area contributed by atoms with Crippen LogP contribution in [0, 0.1) is 11.3 Å². The number of hydrogen-bond donors (Lipinski definition) is 1. The van der Waals surface area contributed by atoms with E-state index in [2.05, 4.69) is 16.4 Å². The Kier molecular flexibility index (Phi) is 6.93. The van der Waals surface area contributed by atoms with Crippen LogP contribution in [0.15, 0.2) is 23.6 Å². The third-order valence-electron chi connectivity index (χ3n) is 5.34. The molecule has 0 saturated carbocycles. The average molecular weight is 475 g/mol. The first kappa shape index (κ1) is 24.5. The van der Waals surface area contributed by atoms with Crippen molar-refractivity contribution in [3.05, 3.63) is 51.0 Å². The van der Waals surface area contributed by atoms with Crippen molar-refractivity contribution in [1.29, 1.82) is 5.26 Å². The summed E-state index contributed by atoms with van der Waals surface area (Å²) in [5, 5.41) is 14.0. The minimum Gasteiger partial charge on any atom is -0.342 e. The molecule has 10 heteroatoms. The lowest BCUT2D eigenvalue weighted by Crippen LogP contribution is -2.43. The zero-order chi connectivity index (χ0) is 24.4. The maximum atomic E-state index is 13.5. The number of alkyl halides is 2. The van der Waals surface area contributed by atoms with Gasteiger partial charge in [0.2, 0.25) is 5.91 Å². The number of amides is 2. The zero-order valence-corrected chi connectivity index (χ0v) is 19.3. The molecule has 3 rings (SSSR count). The molecule has 1 aromatic heterocycles. The summed E-state index contributed by atoms with van der Waals surface area (Å²) in [5.74, 6) is -4.47. The van der Waals surface area contributed by atoms with Gasteiger partial charge in [-0.15, -0.1) is 11.3 Å². The number of nitrogens with one attached hydrogen (secondary N) is 1. The van der Waals surface area contributed by atoms with Gasteiger partial charge in [-0.05, 0) is 22.6 Å². The first-order chi connectivity index (χ1) is 15.4. The Morgan fingerprint density at radius 3 is 2.76 bits per heavy atom. The molecular weight excluding hydrogens is 450 g/mol. The highest BCUT2D eigenvalue weighted by Crippen LogP contribution is 2.31. The summed E-state index contributed by atoms with van der Waals surface area (Å²) in [6.07, 6.45) is 0.0784. The van der Waals surface area contributed by atoms with Gasteiger partial charge in [0.15, 0.2) is 0 Å². The molecule has 1 aromatic carbocycles. The Balaban J connectivity index is 1.63. The van der Waals surface area contributed by atoms with E-state index in [-0.39, 0.29) is 11.1 Å². The molecule has 1 fully saturated rings. The van der Waals surface area contributed by atoms with Gasteiger partial charge in [0, 0.05) is 18.2 Å². The van der Waals surface area contributed by atoms with E-state index >= 15 is 0 Å². The Bertz CT molecular complexity index is 1120. The highest BCUT2D eigenvalue weighted by Gasteiger charge is 2.46. The molecule has 0 unspecified atom stereocenters. The molecule has 1 N–H and O–H groups in total. The highest BCUT2D eigenvalue weighted by atomic mass is 32.1. The summed E-state index contributed by atoms with van der Waals surface area (Å²) in [5.41, 5.74) is 2.40. The molecule has 2 aromatic rings. The standard InChI is InChI=1S/C23H24F2N4O3S/c1-22(2,3)17-6-14(4-5-15(17)9-26)7-19-28-18(12-33-19)21(32)27-10-20(31)29-13-23(24,25)8-16(29)11-30/h4-6,11-12,16H,7-8,10,13H2,1-3H3,(H,27,32)/t16-/m0/s1. The van der Waals surface area contributed by atoms with E-state index in [1.54, 1.807) is 11.4 Å². The Morgan fingerprint density at radius 1 is 1.39 bits per heavy atom. The van der Waals surface area contributed by atoms with Gasteiger partial charge in [0.25, 0.3) is 11.8 Å². The van der Waals surface area contributed by atoms with Crippen molar-refractivity contribution in [1.82, 2.24) is 15.2 Å². The van der Waals surface area contributed by atoms with Crippen LogP contribution in [0.1, 0.15) is 59.4 Å². The molecule has 0 spiro atoms. The molecule has 174 valence electrons. The Morgan fingerprint density at radius 2 is 2.12 bits per heavy atom. The van der Waals surface area contributed by atoms with Crippen molar-refractivity contribution >= 4 is 29.4 Å². The monoisotopic (exact) mass is 474 g/mol. The number of halogens is 2. The van der Waals surface area contributed by atoms with E-state index in [1.807, 2.05) is 32.9 Å². The fourth-order valence-corrected chi connectivity index (χ4v) is 4.49. The number of thiazole rings is 1. The molecule has 1 aliphatic rings. The lowest BCUT2D eigenvalue weighted by molar-refractivity contribution is -0.134. The van der Waals surface area contributed by atoms with Crippen LogP contribution in [-0.2, 0) is 21.4 Å². The van der Waals surface area contributed by atoms with Gasteiger partial charge in [-0.2, -0.15) is 5.26 Å². The average Bonchev–Trinajstić information content (AvgIpc) is 3.34. The first-order valence-corrected chi connectivity index (χ1v) is 11.2. The summed E-state index contributed by atoms with van der Waals surface area (Å²) in [7, 11) is 0. The molecule has 7 nitrogen and oxygen atoms in total. The molecule has 0 radical (unpaired) electrons. The van der Waals surface area contributed by atoms with Crippen LogP contribution in [0.25, 0.3) is 0 Å². The Hall–Kier alpha value is -3.19. The quantitative estimate of drug-likeness (QED) is 0.648. The molecule has 1 atom stereocenters.